The van der Waals surface area contributed by atoms with Gasteiger partial charge in [0.1, 0.15) is 11.6 Å². The summed E-state index contributed by atoms with van der Waals surface area (Å²) in [6.45, 7) is 1.85. The van der Waals surface area contributed by atoms with E-state index in [0.717, 1.165) is 0 Å². The summed E-state index contributed by atoms with van der Waals surface area (Å²) in [6, 6.07) is 20.7. The van der Waals surface area contributed by atoms with Gasteiger partial charge in [-0.2, -0.15) is 4.68 Å². The number of aromatic nitrogens is 4. The van der Waals surface area contributed by atoms with E-state index in [9.17, 15) is 23.8 Å². The average Bonchev–Trinajstić information content (AvgIpc) is 3.43. The number of esters is 1. The van der Waals surface area contributed by atoms with Crippen molar-refractivity contribution in [3.05, 3.63) is 114 Å². The maximum Gasteiger partial charge on any atom is 0.308 e. The molecule has 3 aromatic carbocycles. The van der Waals surface area contributed by atoms with Gasteiger partial charge in [0.05, 0.1) is 30.9 Å². The molecule has 8 nitrogen and oxygen atoms in total. The number of rotatable bonds is 11. The zero-order chi connectivity index (χ0) is 28.5. The van der Waals surface area contributed by atoms with E-state index in [0.29, 0.717) is 33.8 Å². The van der Waals surface area contributed by atoms with E-state index in [1.807, 2.05) is 30.3 Å². The molecule has 0 aliphatic heterocycles. The normalized spacial score (nSPS) is 12.7. The summed E-state index contributed by atoms with van der Waals surface area (Å²) in [7, 11) is 0. The quantitative estimate of drug-likeness (QED) is 0.208. The minimum Gasteiger partial charge on any atom is -0.466 e. The van der Waals surface area contributed by atoms with Crippen LogP contribution in [0.2, 0.25) is 0 Å². The first-order chi connectivity index (χ1) is 19.4. The molecule has 206 valence electrons. The van der Waals surface area contributed by atoms with Gasteiger partial charge < -0.3 is 14.9 Å². The highest BCUT2D eigenvalue weighted by Crippen LogP contribution is 2.32. The molecule has 4 aromatic rings. The van der Waals surface area contributed by atoms with Crippen LogP contribution in [0.25, 0.3) is 22.7 Å². The lowest BCUT2D eigenvalue weighted by Gasteiger charge is -2.16. The molecule has 0 spiro atoms. The van der Waals surface area contributed by atoms with E-state index in [1.54, 1.807) is 37.3 Å². The highest BCUT2D eigenvalue weighted by molar-refractivity contribution is 5.97. The first-order valence-corrected chi connectivity index (χ1v) is 12.7. The molecule has 0 amide bonds. The van der Waals surface area contributed by atoms with Crippen LogP contribution in [0.5, 0.6) is 0 Å². The summed E-state index contributed by atoms with van der Waals surface area (Å²) < 4.78 is 34.1. The van der Waals surface area contributed by atoms with Gasteiger partial charge in [-0.05, 0) is 58.8 Å². The Balaban J connectivity index is 1.84. The molecule has 1 aromatic heterocycles. The zero-order valence-corrected chi connectivity index (χ0v) is 21.7. The number of benzene rings is 3. The van der Waals surface area contributed by atoms with Crippen LogP contribution in [0.15, 0.2) is 91.0 Å². The van der Waals surface area contributed by atoms with Crippen molar-refractivity contribution in [2.75, 3.05) is 6.61 Å². The predicted octanol–water partition coefficient (Wildman–Crippen LogP) is 4.66. The highest BCUT2D eigenvalue weighted by atomic mass is 19.1. The Morgan fingerprint density at radius 1 is 0.950 bits per heavy atom. The van der Waals surface area contributed by atoms with Gasteiger partial charge in [0.25, 0.3) is 0 Å². The van der Waals surface area contributed by atoms with Gasteiger partial charge >= 0.3 is 5.97 Å². The number of hydrogen-bond acceptors (Lipinski definition) is 7. The summed E-state index contributed by atoms with van der Waals surface area (Å²) >= 11 is 0. The molecule has 0 saturated heterocycles. The molecule has 10 heteroatoms. The van der Waals surface area contributed by atoms with E-state index < -0.39 is 29.8 Å². The van der Waals surface area contributed by atoms with Gasteiger partial charge in [0.2, 0.25) is 0 Å². The average molecular weight is 547 g/mol. The van der Waals surface area contributed by atoms with Gasteiger partial charge in [-0.15, -0.1) is 5.10 Å². The Bertz CT molecular complexity index is 1420. The van der Waals surface area contributed by atoms with Crippen molar-refractivity contribution in [3.8, 4) is 11.4 Å². The van der Waals surface area contributed by atoms with Crippen molar-refractivity contribution in [2.24, 2.45) is 0 Å². The molecule has 2 unspecified atom stereocenters. The van der Waals surface area contributed by atoms with Gasteiger partial charge in [0, 0.05) is 17.6 Å². The van der Waals surface area contributed by atoms with Crippen molar-refractivity contribution < 1.29 is 28.5 Å². The number of nitrogens with zero attached hydrogens (tertiary/aromatic N) is 4. The van der Waals surface area contributed by atoms with Gasteiger partial charge in [0.15, 0.2) is 5.82 Å². The van der Waals surface area contributed by atoms with Crippen LogP contribution in [0.3, 0.4) is 0 Å². The van der Waals surface area contributed by atoms with Crippen molar-refractivity contribution in [2.45, 2.75) is 32.0 Å². The maximum absolute atomic E-state index is 13.9. The largest absolute Gasteiger partial charge is 0.466 e. The first-order valence-electron chi connectivity index (χ1n) is 12.7. The lowest BCUT2D eigenvalue weighted by Crippen LogP contribution is -2.20. The van der Waals surface area contributed by atoms with Crippen LogP contribution in [0.4, 0.5) is 8.78 Å². The molecule has 0 aliphatic carbocycles. The van der Waals surface area contributed by atoms with Gasteiger partial charge in [-0.25, -0.2) is 8.78 Å². The van der Waals surface area contributed by atoms with Crippen LogP contribution in [0.1, 0.15) is 30.9 Å². The van der Waals surface area contributed by atoms with Crippen molar-refractivity contribution in [1.82, 2.24) is 20.2 Å². The van der Waals surface area contributed by atoms with E-state index in [-0.39, 0.29) is 19.4 Å². The van der Waals surface area contributed by atoms with Gasteiger partial charge in [-0.1, -0.05) is 60.7 Å². The highest BCUT2D eigenvalue weighted by Gasteiger charge is 2.20. The predicted molar refractivity (Wildman–Crippen MR) is 145 cm³/mol. The summed E-state index contributed by atoms with van der Waals surface area (Å²) in [5, 5.41) is 33.2. The lowest BCUT2D eigenvalue weighted by atomic mass is 9.95. The Morgan fingerprint density at radius 2 is 1.55 bits per heavy atom. The molecule has 0 fully saturated rings. The molecule has 0 bridgehead atoms. The summed E-state index contributed by atoms with van der Waals surface area (Å²) in [6.07, 6.45) is 0.334. The SMILES string of the molecule is CCOC(=O)CC(O)CC(O)/C=C/C(=C(c1ccc(F)cc1)c1ccc(F)cc1)n1nnnc1-c1ccccc1. The Hall–Kier alpha value is -4.54. The minimum atomic E-state index is -1.15. The van der Waals surface area contributed by atoms with E-state index in [4.69, 9.17) is 4.74 Å². The smallest absolute Gasteiger partial charge is 0.308 e. The van der Waals surface area contributed by atoms with Crippen LogP contribution in [-0.2, 0) is 9.53 Å². The minimum absolute atomic E-state index is 0.133. The Labute approximate surface area is 229 Å². The monoisotopic (exact) mass is 546 g/mol. The third-order valence-electron chi connectivity index (χ3n) is 5.95. The fourth-order valence-electron chi connectivity index (χ4n) is 4.13. The fraction of sp³-hybridized carbons (Fsp3) is 0.200. The number of halogens is 2. The molecule has 1 heterocycles. The standard InChI is InChI=1S/C30H28F2N4O4/c1-2-40-28(39)19-26(38)18-25(37)16-17-27(36-30(33-34-35-36)22-6-4-3-5-7-22)29(20-8-12-23(31)13-9-20)21-10-14-24(32)15-11-21/h3-17,25-26,37-38H,2,18-19H2,1H3/b17-16+. The number of hydrogen-bond donors (Lipinski definition) is 2. The number of aliphatic hydroxyl groups excluding tert-OH is 2. The molecule has 0 radical (unpaired) electrons. The van der Waals surface area contributed by atoms with Crippen LogP contribution in [-0.4, -0.2) is 55.2 Å². The van der Waals surface area contributed by atoms with Crippen LogP contribution >= 0.6 is 0 Å². The number of ether oxygens (including phenoxy) is 1. The second kappa shape index (κ2) is 13.5. The zero-order valence-electron chi connectivity index (χ0n) is 21.7. The number of allylic oxidation sites excluding steroid dienone is 2. The molecule has 40 heavy (non-hydrogen) atoms. The van der Waals surface area contributed by atoms with Crippen LogP contribution in [0, 0.1) is 11.6 Å². The number of carbonyl (C=O) groups is 1. The van der Waals surface area contributed by atoms with Crippen LogP contribution < -0.4 is 0 Å². The molecular formula is C30H28F2N4O4. The van der Waals surface area contributed by atoms with Gasteiger partial charge in [-0.3, -0.25) is 4.79 Å². The maximum atomic E-state index is 13.9. The van der Waals surface area contributed by atoms with E-state index in [2.05, 4.69) is 15.5 Å². The number of aliphatic hydroxyl groups is 2. The molecule has 2 atom stereocenters. The third-order valence-corrected chi connectivity index (χ3v) is 5.95. The Morgan fingerprint density at radius 3 is 2.12 bits per heavy atom. The van der Waals surface area contributed by atoms with Crippen molar-refractivity contribution in [1.29, 1.82) is 0 Å². The van der Waals surface area contributed by atoms with E-state index >= 15 is 0 Å². The van der Waals surface area contributed by atoms with E-state index in [1.165, 1.54) is 35.0 Å². The fourth-order valence-corrected chi connectivity index (χ4v) is 4.13. The summed E-state index contributed by atoms with van der Waals surface area (Å²) in [5.41, 5.74) is 2.79. The third kappa shape index (κ3) is 7.31. The van der Waals surface area contributed by atoms with Crippen molar-refractivity contribution >= 4 is 17.2 Å². The Kier molecular flexibility index (Phi) is 9.61. The van der Waals surface area contributed by atoms with Crippen molar-refractivity contribution in [3.63, 3.8) is 0 Å². The molecular weight excluding hydrogens is 518 g/mol. The second-order valence-electron chi connectivity index (χ2n) is 8.88. The molecule has 0 aliphatic rings. The lowest BCUT2D eigenvalue weighted by molar-refractivity contribution is -0.145. The molecule has 2 N–H and O–H groups in total. The topological polar surface area (TPSA) is 110 Å². The summed E-state index contributed by atoms with van der Waals surface area (Å²) in [4.78, 5) is 11.7. The number of carbonyl (C=O) groups excluding carboxylic acids is 1. The molecule has 0 saturated carbocycles. The first kappa shape index (κ1) is 28.5. The molecule has 4 rings (SSSR count). The summed E-state index contributed by atoms with van der Waals surface area (Å²) in [5.74, 6) is -1.04. The number of tetrazole rings is 1. The second-order valence-corrected chi connectivity index (χ2v) is 8.88.